The van der Waals surface area contributed by atoms with Crippen molar-refractivity contribution in [3.8, 4) is 5.75 Å². The quantitative estimate of drug-likeness (QED) is 0.309. The highest BCUT2D eigenvalue weighted by Gasteiger charge is 2.26. The van der Waals surface area contributed by atoms with Crippen molar-refractivity contribution in [1.82, 2.24) is 0 Å². The van der Waals surface area contributed by atoms with E-state index < -0.39 is 10.1 Å². The molecule has 0 spiro atoms. The van der Waals surface area contributed by atoms with E-state index in [1.54, 1.807) is 12.1 Å². The van der Waals surface area contributed by atoms with E-state index in [0.717, 1.165) is 39.9 Å². The van der Waals surface area contributed by atoms with Crippen LogP contribution in [0.3, 0.4) is 0 Å². The van der Waals surface area contributed by atoms with Crippen LogP contribution in [0, 0.1) is 20.8 Å². The number of rotatable bonds is 2. The minimum atomic E-state index is -4.27. The molecule has 0 N–H and O–H groups in total. The minimum Gasteiger partial charge on any atom is -0.744 e. The van der Waals surface area contributed by atoms with Gasteiger partial charge in [-0.05, 0) is 62.2 Å². The Labute approximate surface area is 199 Å². The van der Waals surface area contributed by atoms with Gasteiger partial charge in [0, 0.05) is 13.1 Å². The Bertz CT molecular complexity index is 1500. The molecule has 0 unspecified atom stereocenters. The SMILES string of the molecule is Cc1ccc(S(=O)(=O)[O-])cc1.Cc1ccc2c(c1)N(C)/C(=C\c1oc3ccc(C)cc3[n+]1C)O2. The molecular weight excluding hydrogens is 452 g/mol. The number of aromatic nitrogens is 1. The molecule has 7 nitrogen and oxygen atoms in total. The first kappa shape index (κ1) is 23.5. The Hall–Kier alpha value is -3.62. The monoisotopic (exact) mass is 478 g/mol. The fourth-order valence-corrected chi connectivity index (χ4v) is 4.08. The smallest absolute Gasteiger partial charge is 0.379 e. The first-order valence-corrected chi connectivity index (χ1v) is 12.1. The van der Waals surface area contributed by atoms with Gasteiger partial charge in [-0.15, -0.1) is 0 Å². The van der Waals surface area contributed by atoms with Crippen molar-refractivity contribution in [1.29, 1.82) is 0 Å². The average Bonchev–Trinajstić information content (AvgIpc) is 3.25. The van der Waals surface area contributed by atoms with Crippen LogP contribution in [0.2, 0.25) is 0 Å². The number of oxazole rings is 1. The van der Waals surface area contributed by atoms with Crippen LogP contribution in [-0.4, -0.2) is 20.0 Å². The number of ether oxygens (including phenoxy) is 1. The van der Waals surface area contributed by atoms with Gasteiger partial charge in [-0.2, -0.15) is 4.57 Å². The topological polar surface area (TPSA) is 86.7 Å². The van der Waals surface area contributed by atoms with Crippen molar-refractivity contribution in [3.63, 3.8) is 0 Å². The number of anilines is 1. The predicted molar refractivity (Wildman–Crippen MR) is 129 cm³/mol. The second kappa shape index (κ2) is 8.96. The first-order valence-electron chi connectivity index (χ1n) is 10.7. The van der Waals surface area contributed by atoms with Crippen LogP contribution in [-0.2, 0) is 17.2 Å². The molecule has 8 heteroatoms. The maximum Gasteiger partial charge on any atom is 0.379 e. The molecule has 0 amide bonds. The van der Waals surface area contributed by atoms with Gasteiger partial charge in [0.2, 0.25) is 11.5 Å². The molecule has 176 valence electrons. The number of hydrogen-bond donors (Lipinski definition) is 0. The summed E-state index contributed by atoms with van der Waals surface area (Å²) in [6.07, 6.45) is 1.94. The Kier molecular flexibility index (Phi) is 6.20. The van der Waals surface area contributed by atoms with Crippen molar-refractivity contribution >= 4 is 33.0 Å². The van der Waals surface area contributed by atoms with Crippen LogP contribution in [0.15, 0.2) is 75.9 Å². The summed E-state index contributed by atoms with van der Waals surface area (Å²) in [7, 11) is -0.262. The highest BCUT2D eigenvalue weighted by Crippen LogP contribution is 2.38. The molecule has 3 aromatic carbocycles. The van der Waals surface area contributed by atoms with Gasteiger partial charge in [0.05, 0.1) is 10.6 Å². The van der Waals surface area contributed by atoms with Gasteiger partial charge in [0.25, 0.3) is 5.52 Å². The first-order chi connectivity index (χ1) is 16.0. The van der Waals surface area contributed by atoms with E-state index in [9.17, 15) is 13.0 Å². The lowest BCUT2D eigenvalue weighted by molar-refractivity contribution is -0.652. The lowest BCUT2D eigenvalue weighted by atomic mass is 10.2. The van der Waals surface area contributed by atoms with Gasteiger partial charge in [-0.1, -0.05) is 29.8 Å². The molecule has 1 aliphatic rings. The summed E-state index contributed by atoms with van der Waals surface area (Å²) < 4.78 is 45.1. The Balaban J connectivity index is 0.000000210. The zero-order chi connectivity index (χ0) is 24.6. The second-order valence-electron chi connectivity index (χ2n) is 8.35. The zero-order valence-corrected chi connectivity index (χ0v) is 20.5. The van der Waals surface area contributed by atoms with Crippen LogP contribution in [0.25, 0.3) is 17.2 Å². The Morgan fingerprint density at radius 2 is 1.53 bits per heavy atom. The van der Waals surface area contributed by atoms with E-state index in [4.69, 9.17) is 9.15 Å². The lowest BCUT2D eigenvalue weighted by Crippen LogP contribution is -2.30. The maximum atomic E-state index is 10.4. The maximum absolute atomic E-state index is 10.4. The van der Waals surface area contributed by atoms with Gasteiger partial charge in [-0.25, -0.2) is 8.42 Å². The molecule has 5 rings (SSSR count). The standard InChI is InChI=1S/C19H19N2O2.C7H8O3S/c1-12-5-7-16-14(9-12)20(3)18(22-16)11-19-21(4)15-10-13(2)6-8-17(15)23-19;1-6-2-4-7(5-3-6)11(8,9)10/h5-11H,1-4H3;2-5H,1H3,(H,8,9,10)/q+1;/p-1. The summed E-state index contributed by atoms with van der Waals surface area (Å²) in [4.78, 5) is 1.86. The van der Waals surface area contributed by atoms with Gasteiger partial charge in [0.1, 0.15) is 23.2 Å². The second-order valence-corrected chi connectivity index (χ2v) is 9.73. The molecule has 34 heavy (non-hydrogen) atoms. The summed E-state index contributed by atoms with van der Waals surface area (Å²) in [5.41, 5.74) is 6.38. The van der Waals surface area contributed by atoms with E-state index >= 15 is 0 Å². The van der Waals surface area contributed by atoms with Crippen molar-refractivity contribution in [3.05, 3.63) is 89.1 Å². The summed E-state index contributed by atoms with van der Waals surface area (Å²) in [6.45, 7) is 5.98. The van der Waals surface area contributed by atoms with E-state index in [2.05, 4.69) is 38.1 Å². The molecule has 0 bridgehead atoms. The van der Waals surface area contributed by atoms with Crippen LogP contribution in [0.1, 0.15) is 22.6 Å². The number of aryl methyl sites for hydroxylation is 4. The van der Waals surface area contributed by atoms with Crippen LogP contribution in [0.5, 0.6) is 5.75 Å². The third-order valence-electron chi connectivity index (χ3n) is 5.60. The van der Waals surface area contributed by atoms with Gasteiger partial charge in [-0.3, -0.25) is 0 Å². The molecule has 1 aliphatic heterocycles. The molecule has 2 heterocycles. The molecule has 0 saturated heterocycles. The lowest BCUT2D eigenvalue weighted by Gasteiger charge is -2.09. The molecular formula is C26H26N2O5S. The number of benzene rings is 3. The fraction of sp³-hybridized carbons (Fsp3) is 0.192. The van der Waals surface area contributed by atoms with Gasteiger partial charge >= 0.3 is 5.89 Å². The van der Waals surface area contributed by atoms with Crippen LogP contribution < -0.4 is 14.2 Å². The Morgan fingerprint density at radius 1 is 0.912 bits per heavy atom. The minimum absolute atomic E-state index is 0.178. The van der Waals surface area contributed by atoms with Crippen molar-refractivity contribution in [2.45, 2.75) is 25.7 Å². The summed E-state index contributed by atoms with van der Waals surface area (Å²) >= 11 is 0. The molecule has 0 saturated carbocycles. The summed E-state index contributed by atoms with van der Waals surface area (Å²) in [5.74, 6) is 2.40. The highest BCUT2D eigenvalue weighted by molar-refractivity contribution is 7.85. The Morgan fingerprint density at radius 3 is 2.21 bits per heavy atom. The normalized spacial score (nSPS) is 14.1. The van der Waals surface area contributed by atoms with Crippen LogP contribution in [0.4, 0.5) is 5.69 Å². The summed E-state index contributed by atoms with van der Waals surface area (Å²) in [6, 6.07) is 18.1. The summed E-state index contributed by atoms with van der Waals surface area (Å²) in [5, 5.41) is 0. The van der Waals surface area contributed by atoms with Crippen molar-refractivity contribution in [2.24, 2.45) is 7.05 Å². The van der Waals surface area contributed by atoms with E-state index in [-0.39, 0.29) is 4.90 Å². The fourth-order valence-electron chi connectivity index (χ4n) is 3.61. The molecule has 0 fully saturated rings. The molecule has 0 atom stereocenters. The molecule has 1 aromatic heterocycles. The number of hydrogen-bond acceptors (Lipinski definition) is 6. The number of fused-ring (bicyclic) bond motifs is 2. The number of nitrogens with zero attached hydrogens (tertiary/aromatic N) is 2. The highest BCUT2D eigenvalue weighted by atomic mass is 32.2. The van der Waals surface area contributed by atoms with Crippen molar-refractivity contribution < 1.29 is 26.7 Å². The zero-order valence-electron chi connectivity index (χ0n) is 19.7. The van der Waals surface area contributed by atoms with E-state index in [0.29, 0.717) is 0 Å². The third kappa shape index (κ3) is 4.83. The third-order valence-corrected chi connectivity index (χ3v) is 6.45. The molecule has 4 aromatic rings. The van der Waals surface area contributed by atoms with Crippen LogP contribution >= 0.6 is 0 Å². The molecule has 0 radical (unpaired) electrons. The van der Waals surface area contributed by atoms with Gasteiger partial charge < -0.3 is 18.6 Å². The van der Waals surface area contributed by atoms with E-state index in [1.165, 1.54) is 23.3 Å². The molecule has 0 aliphatic carbocycles. The van der Waals surface area contributed by atoms with E-state index in [1.807, 2.05) is 48.7 Å². The predicted octanol–water partition coefficient (Wildman–Crippen LogP) is 4.60. The van der Waals surface area contributed by atoms with Crippen molar-refractivity contribution in [2.75, 3.05) is 11.9 Å². The van der Waals surface area contributed by atoms with Gasteiger partial charge in [0.15, 0.2) is 5.75 Å². The average molecular weight is 479 g/mol. The largest absolute Gasteiger partial charge is 0.744 e.